The van der Waals surface area contributed by atoms with Crippen molar-refractivity contribution < 1.29 is 4.74 Å². The Bertz CT molecular complexity index is 425. The van der Waals surface area contributed by atoms with Crippen molar-refractivity contribution in [2.45, 2.75) is 52.7 Å². The molecule has 1 heterocycles. The first kappa shape index (κ1) is 14.0. The molecule has 0 bridgehead atoms. The number of fused-ring (bicyclic) bond motifs is 1. The first-order valence-corrected chi connectivity index (χ1v) is 7.43. The Morgan fingerprint density at radius 2 is 2.11 bits per heavy atom. The SMILES string of the molecule is COC(c1nc2c(s1)C(N)CC(C)(C)C2)C(C)C. The van der Waals surface area contributed by atoms with Gasteiger partial charge in [0.25, 0.3) is 0 Å². The monoisotopic (exact) mass is 268 g/mol. The van der Waals surface area contributed by atoms with Crippen LogP contribution < -0.4 is 5.73 Å². The summed E-state index contributed by atoms with van der Waals surface area (Å²) in [4.78, 5) is 6.07. The number of thiazole rings is 1. The van der Waals surface area contributed by atoms with E-state index >= 15 is 0 Å². The highest BCUT2D eigenvalue weighted by Gasteiger charge is 2.34. The molecule has 1 aromatic rings. The second-order valence-electron chi connectivity index (χ2n) is 6.41. The van der Waals surface area contributed by atoms with Gasteiger partial charge in [-0.1, -0.05) is 27.7 Å². The Balaban J connectivity index is 2.34. The van der Waals surface area contributed by atoms with Gasteiger partial charge in [-0.3, -0.25) is 0 Å². The standard InChI is InChI=1S/C14H24N2OS/c1-8(2)11(17-5)13-16-10-7-14(3,4)6-9(15)12(10)18-13/h8-9,11H,6-7,15H2,1-5H3. The average Bonchev–Trinajstić information content (AvgIpc) is 2.60. The molecule has 2 atom stereocenters. The number of aromatic nitrogens is 1. The van der Waals surface area contributed by atoms with Gasteiger partial charge in [-0.2, -0.15) is 0 Å². The molecular weight excluding hydrogens is 244 g/mol. The number of methoxy groups -OCH3 is 1. The van der Waals surface area contributed by atoms with Gasteiger partial charge in [0.05, 0.1) is 5.69 Å². The van der Waals surface area contributed by atoms with Gasteiger partial charge in [0.2, 0.25) is 0 Å². The van der Waals surface area contributed by atoms with Gasteiger partial charge in [0, 0.05) is 18.0 Å². The summed E-state index contributed by atoms with van der Waals surface area (Å²) in [5.74, 6) is 0.437. The highest BCUT2D eigenvalue weighted by molar-refractivity contribution is 7.11. The Labute approximate surface area is 114 Å². The summed E-state index contributed by atoms with van der Waals surface area (Å²) in [6, 6.07) is 0.139. The third kappa shape index (κ3) is 2.60. The first-order chi connectivity index (χ1) is 8.34. The van der Waals surface area contributed by atoms with E-state index in [4.69, 9.17) is 15.5 Å². The first-order valence-electron chi connectivity index (χ1n) is 6.62. The van der Waals surface area contributed by atoms with Gasteiger partial charge in [-0.25, -0.2) is 4.98 Å². The Morgan fingerprint density at radius 1 is 1.44 bits per heavy atom. The second kappa shape index (κ2) is 4.91. The Hall–Kier alpha value is -0.450. The number of nitrogens with zero attached hydrogens (tertiary/aromatic N) is 1. The van der Waals surface area contributed by atoms with Crippen molar-refractivity contribution in [3.63, 3.8) is 0 Å². The molecule has 0 saturated carbocycles. The maximum absolute atomic E-state index is 6.28. The molecule has 2 N–H and O–H groups in total. The number of hydrogen-bond acceptors (Lipinski definition) is 4. The van der Waals surface area contributed by atoms with Crippen molar-refractivity contribution in [2.75, 3.05) is 7.11 Å². The van der Waals surface area contributed by atoms with Crippen molar-refractivity contribution in [3.8, 4) is 0 Å². The van der Waals surface area contributed by atoms with Crippen molar-refractivity contribution in [3.05, 3.63) is 15.6 Å². The van der Waals surface area contributed by atoms with Crippen LogP contribution in [0.15, 0.2) is 0 Å². The van der Waals surface area contributed by atoms with Crippen LogP contribution in [0.3, 0.4) is 0 Å². The van der Waals surface area contributed by atoms with Crippen LogP contribution in [0.5, 0.6) is 0 Å². The van der Waals surface area contributed by atoms with Crippen molar-refractivity contribution in [1.82, 2.24) is 4.98 Å². The topological polar surface area (TPSA) is 48.1 Å². The normalized spacial score (nSPS) is 24.1. The number of rotatable bonds is 3. The van der Waals surface area contributed by atoms with Crippen LogP contribution >= 0.6 is 11.3 Å². The van der Waals surface area contributed by atoms with Gasteiger partial charge in [0.15, 0.2) is 0 Å². The molecule has 4 heteroatoms. The van der Waals surface area contributed by atoms with E-state index in [-0.39, 0.29) is 17.6 Å². The van der Waals surface area contributed by atoms with Crippen LogP contribution in [0.25, 0.3) is 0 Å². The zero-order chi connectivity index (χ0) is 13.5. The van der Waals surface area contributed by atoms with E-state index in [0.717, 1.165) is 17.8 Å². The number of ether oxygens (including phenoxy) is 1. The molecule has 102 valence electrons. The molecule has 0 fully saturated rings. The lowest BCUT2D eigenvalue weighted by atomic mass is 9.77. The van der Waals surface area contributed by atoms with Gasteiger partial charge < -0.3 is 10.5 Å². The minimum Gasteiger partial charge on any atom is -0.374 e. The van der Waals surface area contributed by atoms with Gasteiger partial charge in [0.1, 0.15) is 11.1 Å². The minimum atomic E-state index is 0.0934. The third-order valence-electron chi connectivity index (χ3n) is 3.60. The smallest absolute Gasteiger partial charge is 0.122 e. The zero-order valence-corrected chi connectivity index (χ0v) is 12.8. The van der Waals surface area contributed by atoms with Crippen LogP contribution in [0.2, 0.25) is 0 Å². The lowest BCUT2D eigenvalue weighted by Crippen LogP contribution is -2.28. The summed E-state index contributed by atoms with van der Waals surface area (Å²) in [7, 11) is 1.76. The summed E-state index contributed by atoms with van der Waals surface area (Å²) in [5, 5.41) is 1.09. The maximum atomic E-state index is 6.28. The molecule has 3 nitrogen and oxygen atoms in total. The summed E-state index contributed by atoms with van der Waals surface area (Å²) < 4.78 is 5.57. The van der Waals surface area contributed by atoms with E-state index in [1.807, 2.05) is 0 Å². The van der Waals surface area contributed by atoms with Crippen LogP contribution in [0, 0.1) is 11.3 Å². The molecule has 18 heavy (non-hydrogen) atoms. The molecular formula is C14H24N2OS. The fraction of sp³-hybridized carbons (Fsp3) is 0.786. The van der Waals surface area contributed by atoms with Crippen LogP contribution in [0.4, 0.5) is 0 Å². The highest BCUT2D eigenvalue weighted by atomic mass is 32.1. The van der Waals surface area contributed by atoms with Crippen molar-refractivity contribution in [1.29, 1.82) is 0 Å². The zero-order valence-electron chi connectivity index (χ0n) is 12.0. The average molecular weight is 268 g/mol. The lowest BCUT2D eigenvalue weighted by molar-refractivity contribution is 0.0642. The van der Waals surface area contributed by atoms with E-state index in [1.54, 1.807) is 18.4 Å². The molecule has 0 spiro atoms. The summed E-state index contributed by atoms with van der Waals surface area (Å²) in [6.45, 7) is 8.87. The van der Waals surface area contributed by atoms with E-state index in [1.165, 1.54) is 10.6 Å². The quantitative estimate of drug-likeness (QED) is 0.913. The van der Waals surface area contributed by atoms with Gasteiger partial charge in [-0.05, 0) is 24.2 Å². The van der Waals surface area contributed by atoms with Crippen molar-refractivity contribution >= 4 is 11.3 Å². The molecule has 0 amide bonds. The Morgan fingerprint density at radius 3 is 2.67 bits per heavy atom. The molecule has 0 saturated heterocycles. The largest absolute Gasteiger partial charge is 0.374 e. The molecule has 0 aromatic carbocycles. The fourth-order valence-corrected chi connectivity index (χ4v) is 4.13. The second-order valence-corrected chi connectivity index (χ2v) is 7.48. The number of hydrogen-bond donors (Lipinski definition) is 1. The van der Waals surface area contributed by atoms with Crippen LogP contribution in [-0.4, -0.2) is 12.1 Å². The van der Waals surface area contributed by atoms with E-state index in [0.29, 0.717) is 5.92 Å². The molecule has 0 radical (unpaired) electrons. The molecule has 0 aliphatic heterocycles. The molecule has 2 rings (SSSR count). The van der Waals surface area contributed by atoms with E-state index in [2.05, 4.69) is 27.7 Å². The lowest BCUT2D eigenvalue weighted by Gasteiger charge is -2.32. The van der Waals surface area contributed by atoms with Crippen LogP contribution in [-0.2, 0) is 11.2 Å². The van der Waals surface area contributed by atoms with Crippen LogP contribution in [0.1, 0.15) is 61.8 Å². The van der Waals surface area contributed by atoms with E-state index < -0.39 is 0 Å². The third-order valence-corrected chi connectivity index (χ3v) is 4.89. The predicted octanol–water partition coefficient (Wildman–Crippen LogP) is 3.46. The van der Waals surface area contributed by atoms with E-state index in [9.17, 15) is 0 Å². The van der Waals surface area contributed by atoms with Gasteiger partial charge in [-0.15, -0.1) is 11.3 Å². The van der Waals surface area contributed by atoms with Crippen molar-refractivity contribution in [2.24, 2.45) is 17.1 Å². The maximum Gasteiger partial charge on any atom is 0.122 e. The molecule has 2 unspecified atom stereocenters. The molecule has 1 aliphatic carbocycles. The summed E-state index contributed by atoms with van der Waals surface area (Å²) in [5.41, 5.74) is 7.74. The summed E-state index contributed by atoms with van der Waals surface area (Å²) in [6.07, 6.45) is 2.16. The molecule has 1 aromatic heterocycles. The Kier molecular flexibility index (Phi) is 3.81. The summed E-state index contributed by atoms with van der Waals surface area (Å²) >= 11 is 1.74. The number of nitrogens with two attached hydrogens (primary N) is 1. The predicted molar refractivity (Wildman–Crippen MR) is 75.7 cm³/mol. The minimum absolute atomic E-state index is 0.0934. The fourth-order valence-electron chi connectivity index (χ4n) is 2.79. The molecule has 1 aliphatic rings. The highest BCUT2D eigenvalue weighted by Crippen LogP contribution is 2.43. The van der Waals surface area contributed by atoms with Gasteiger partial charge >= 0.3 is 0 Å².